The van der Waals surface area contributed by atoms with E-state index in [-0.39, 0.29) is 31.3 Å². The van der Waals surface area contributed by atoms with Gasteiger partial charge < -0.3 is 9.47 Å². The molecule has 152 valence electrons. The number of fused-ring (bicyclic) bond motifs is 1. The molecule has 27 heavy (non-hydrogen) atoms. The monoisotopic (exact) mass is 401 g/mol. The fraction of sp³-hybridized carbons (Fsp3) is 0.632. The number of halogens is 1. The van der Waals surface area contributed by atoms with Crippen molar-refractivity contribution in [1.29, 1.82) is 0 Å². The number of benzene rings is 1. The van der Waals surface area contributed by atoms with Gasteiger partial charge >= 0.3 is 5.97 Å². The maximum absolute atomic E-state index is 13.9. The summed E-state index contributed by atoms with van der Waals surface area (Å²) in [7, 11) is -3.57. The Morgan fingerprint density at radius 3 is 2.70 bits per heavy atom. The molecule has 1 atom stereocenters. The number of carbonyl (C=O) groups is 1. The summed E-state index contributed by atoms with van der Waals surface area (Å²) in [5.74, 6) is -0.388. The lowest BCUT2D eigenvalue weighted by Crippen LogP contribution is -2.44. The lowest BCUT2D eigenvalue weighted by Gasteiger charge is -2.42. The van der Waals surface area contributed by atoms with E-state index in [0.717, 1.165) is 0 Å². The average Bonchev–Trinajstić information content (AvgIpc) is 2.58. The van der Waals surface area contributed by atoms with Crippen LogP contribution in [0.5, 0.6) is 5.75 Å². The van der Waals surface area contributed by atoms with Crippen LogP contribution < -0.4 is 4.74 Å². The van der Waals surface area contributed by atoms with Crippen LogP contribution in [-0.4, -0.2) is 43.2 Å². The summed E-state index contributed by atoms with van der Waals surface area (Å²) < 4.78 is 51.6. The van der Waals surface area contributed by atoms with Gasteiger partial charge in [-0.25, -0.2) is 12.8 Å². The predicted molar refractivity (Wildman–Crippen MR) is 100 cm³/mol. The lowest BCUT2D eigenvalue weighted by molar-refractivity contribution is -0.143. The van der Waals surface area contributed by atoms with E-state index in [1.165, 1.54) is 22.5 Å². The Labute approximate surface area is 160 Å². The Kier molecular flexibility index (Phi) is 6.86. The van der Waals surface area contributed by atoms with Crippen LogP contribution in [0.2, 0.25) is 0 Å². The van der Waals surface area contributed by atoms with Crippen LogP contribution >= 0.6 is 0 Å². The van der Waals surface area contributed by atoms with Crippen LogP contribution in [0.3, 0.4) is 0 Å². The van der Waals surface area contributed by atoms with E-state index in [4.69, 9.17) is 9.47 Å². The number of esters is 1. The van der Waals surface area contributed by atoms with Gasteiger partial charge in [0.25, 0.3) is 0 Å². The lowest BCUT2D eigenvalue weighted by atomic mass is 9.89. The molecule has 0 amide bonds. The number of carbonyl (C=O) groups excluding carboxylic acids is 1. The number of hydrogen-bond acceptors (Lipinski definition) is 5. The Balaban J connectivity index is 2.34. The standard InChI is InChI=1S/C19H28FNO5S/c1-5-25-18(22)8-7-11-21(27(23,24)6-2)16-13-19(3,4)26-17-10-9-14(20)12-15(16)17/h9-10,12,16H,5-8,11,13H2,1-4H3. The molecule has 0 aliphatic carbocycles. The molecule has 0 spiro atoms. The Morgan fingerprint density at radius 2 is 2.07 bits per heavy atom. The Morgan fingerprint density at radius 1 is 1.37 bits per heavy atom. The van der Waals surface area contributed by atoms with Crippen molar-refractivity contribution in [2.24, 2.45) is 0 Å². The van der Waals surface area contributed by atoms with Crippen LogP contribution in [-0.2, 0) is 19.6 Å². The maximum Gasteiger partial charge on any atom is 0.305 e. The number of sulfonamides is 1. The molecule has 1 aromatic rings. The molecule has 1 heterocycles. The molecule has 6 nitrogen and oxygen atoms in total. The van der Waals surface area contributed by atoms with Gasteiger partial charge in [0.05, 0.1) is 18.4 Å². The average molecular weight is 402 g/mol. The molecule has 8 heteroatoms. The Bertz CT molecular complexity index is 778. The highest BCUT2D eigenvalue weighted by atomic mass is 32.2. The first kappa shape index (κ1) is 21.6. The predicted octanol–water partition coefficient (Wildman–Crippen LogP) is 3.42. The van der Waals surface area contributed by atoms with Crippen LogP contribution in [0, 0.1) is 5.82 Å². The maximum atomic E-state index is 13.9. The first-order chi connectivity index (χ1) is 12.6. The summed E-state index contributed by atoms with van der Waals surface area (Å²) in [6, 6.07) is 3.62. The summed E-state index contributed by atoms with van der Waals surface area (Å²) in [5, 5.41) is 0. The van der Waals surface area contributed by atoms with E-state index < -0.39 is 27.5 Å². The molecule has 1 unspecified atom stereocenters. The smallest absolute Gasteiger partial charge is 0.305 e. The topological polar surface area (TPSA) is 72.9 Å². The van der Waals surface area contributed by atoms with Crippen LogP contribution in [0.4, 0.5) is 4.39 Å². The van der Waals surface area contributed by atoms with Crippen molar-refractivity contribution < 1.29 is 27.1 Å². The summed E-state index contributed by atoms with van der Waals surface area (Å²) in [6.07, 6.45) is 0.856. The van der Waals surface area contributed by atoms with Crippen molar-refractivity contribution in [2.75, 3.05) is 18.9 Å². The van der Waals surface area contributed by atoms with E-state index in [2.05, 4.69) is 0 Å². The minimum absolute atomic E-state index is 0.0746. The van der Waals surface area contributed by atoms with Crippen LogP contribution in [0.15, 0.2) is 18.2 Å². The molecule has 0 saturated carbocycles. The third-order valence-corrected chi connectivity index (χ3v) is 6.42. The molecule has 1 aliphatic heterocycles. The van der Waals surface area contributed by atoms with Crippen molar-refractivity contribution >= 4 is 16.0 Å². The molecule has 0 bridgehead atoms. The summed E-state index contributed by atoms with van der Waals surface area (Å²) in [6.45, 7) is 7.50. The number of rotatable bonds is 8. The molecule has 2 rings (SSSR count). The summed E-state index contributed by atoms with van der Waals surface area (Å²) >= 11 is 0. The van der Waals surface area contributed by atoms with Gasteiger partial charge in [-0.2, -0.15) is 4.31 Å². The molecule has 0 saturated heterocycles. The van der Waals surface area contributed by atoms with Gasteiger partial charge in [-0.15, -0.1) is 0 Å². The van der Waals surface area contributed by atoms with Crippen molar-refractivity contribution in [3.8, 4) is 5.75 Å². The largest absolute Gasteiger partial charge is 0.487 e. The van der Waals surface area contributed by atoms with Crippen molar-refractivity contribution in [3.05, 3.63) is 29.6 Å². The van der Waals surface area contributed by atoms with E-state index in [9.17, 15) is 17.6 Å². The van der Waals surface area contributed by atoms with Gasteiger partial charge in [0, 0.05) is 24.9 Å². The fourth-order valence-electron chi connectivity index (χ4n) is 3.31. The first-order valence-corrected chi connectivity index (χ1v) is 10.8. The molecule has 0 fully saturated rings. The molecule has 1 aromatic carbocycles. The van der Waals surface area contributed by atoms with Crippen molar-refractivity contribution in [1.82, 2.24) is 4.31 Å². The highest BCUT2D eigenvalue weighted by Gasteiger charge is 2.40. The third kappa shape index (κ3) is 5.42. The van der Waals surface area contributed by atoms with Crippen molar-refractivity contribution in [3.63, 3.8) is 0 Å². The Hall–Kier alpha value is -1.67. The van der Waals surface area contributed by atoms with Crippen LogP contribution in [0.1, 0.15) is 58.6 Å². The number of nitrogens with zero attached hydrogens (tertiary/aromatic N) is 1. The van der Waals surface area contributed by atoms with E-state index in [1.54, 1.807) is 13.8 Å². The highest BCUT2D eigenvalue weighted by Crippen LogP contribution is 2.43. The number of hydrogen-bond donors (Lipinski definition) is 0. The second-order valence-corrected chi connectivity index (χ2v) is 9.39. The first-order valence-electron chi connectivity index (χ1n) is 9.23. The molecule has 1 aliphatic rings. The molecule has 0 aromatic heterocycles. The SMILES string of the molecule is CCOC(=O)CCCN(C1CC(C)(C)Oc2ccc(F)cc21)S(=O)(=O)CC. The summed E-state index contributed by atoms with van der Waals surface area (Å²) in [4.78, 5) is 11.6. The molecular weight excluding hydrogens is 373 g/mol. The van der Waals surface area contributed by atoms with Crippen LogP contribution in [0.25, 0.3) is 0 Å². The quantitative estimate of drug-likeness (QED) is 0.624. The highest BCUT2D eigenvalue weighted by molar-refractivity contribution is 7.89. The second kappa shape index (κ2) is 8.56. The van der Waals surface area contributed by atoms with E-state index in [1.807, 2.05) is 13.8 Å². The van der Waals surface area contributed by atoms with E-state index >= 15 is 0 Å². The van der Waals surface area contributed by atoms with E-state index in [0.29, 0.717) is 24.2 Å². The van der Waals surface area contributed by atoms with Crippen molar-refractivity contribution in [2.45, 2.75) is 58.6 Å². The molecule has 0 radical (unpaired) electrons. The zero-order valence-corrected chi connectivity index (χ0v) is 17.1. The summed E-state index contributed by atoms with van der Waals surface area (Å²) in [5.41, 5.74) is -0.0829. The van der Waals surface area contributed by atoms with Gasteiger partial charge in [0.1, 0.15) is 17.2 Å². The van der Waals surface area contributed by atoms with Gasteiger partial charge in [-0.3, -0.25) is 4.79 Å². The molecule has 0 N–H and O–H groups in total. The normalized spacial score (nSPS) is 18.7. The fourth-order valence-corrected chi connectivity index (χ4v) is 4.63. The van der Waals surface area contributed by atoms with Gasteiger partial charge in [0.15, 0.2) is 0 Å². The zero-order chi connectivity index (χ0) is 20.2. The third-order valence-electron chi connectivity index (χ3n) is 4.54. The van der Waals surface area contributed by atoms with Gasteiger partial charge in [-0.05, 0) is 52.3 Å². The van der Waals surface area contributed by atoms with Gasteiger partial charge in [-0.1, -0.05) is 0 Å². The minimum Gasteiger partial charge on any atom is -0.487 e. The minimum atomic E-state index is -3.57. The second-order valence-electron chi connectivity index (χ2n) is 7.18. The zero-order valence-electron chi connectivity index (χ0n) is 16.3. The van der Waals surface area contributed by atoms with Gasteiger partial charge in [0.2, 0.25) is 10.0 Å². The molecular formula is C19H28FNO5S. The number of ether oxygens (including phenoxy) is 2.